The molecule has 1 N–H and O–H groups in total. The molecule has 0 atom stereocenters. The highest BCUT2D eigenvalue weighted by molar-refractivity contribution is 14.1. The molecule has 0 aliphatic carbocycles. The van der Waals surface area contributed by atoms with Crippen LogP contribution in [0.5, 0.6) is 11.5 Å². The summed E-state index contributed by atoms with van der Waals surface area (Å²) in [6, 6.07) is 19.3. The summed E-state index contributed by atoms with van der Waals surface area (Å²) >= 11 is 3.35. The topological polar surface area (TPSA) is 115 Å². The van der Waals surface area contributed by atoms with E-state index in [1.54, 1.807) is 36.1 Å². The van der Waals surface area contributed by atoms with Gasteiger partial charge in [-0.2, -0.15) is 0 Å². The van der Waals surface area contributed by atoms with Gasteiger partial charge in [-0.25, -0.2) is 14.6 Å². The average Bonchev–Trinajstić information content (AvgIpc) is 3.22. The average molecular weight is 687 g/mol. The maximum atomic E-state index is 13.6. The lowest BCUT2D eigenvalue weighted by Crippen LogP contribution is -2.28. The van der Waals surface area contributed by atoms with Gasteiger partial charge < -0.3 is 19.3 Å². The van der Waals surface area contributed by atoms with Gasteiger partial charge in [-0.3, -0.25) is 9.69 Å². The number of benzene rings is 3. The number of amides is 1. The molecule has 3 aromatic carbocycles. The second-order valence-electron chi connectivity index (χ2n) is 8.59. The molecule has 0 unspecified atom stereocenters. The summed E-state index contributed by atoms with van der Waals surface area (Å²) < 4.78 is 17.1. The van der Waals surface area contributed by atoms with E-state index in [0.29, 0.717) is 43.0 Å². The zero-order chi connectivity index (χ0) is 29.4. The van der Waals surface area contributed by atoms with Crippen LogP contribution in [-0.2, 0) is 20.9 Å². The first-order valence-electron chi connectivity index (χ1n) is 12.7. The number of amidine groups is 1. The first-order chi connectivity index (χ1) is 19.8. The maximum Gasteiger partial charge on any atom is 0.344 e. The van der Waals surface area contributed by atoms with E-state index in [-0.39, 0.29) is 31.2 Å². The van der Waals surface area contributed by atoms with Crippen molar-refractivity contribution in [2.45, 2.75) is 20.4 Å². The largest absolute Gasteiger partial charge is 0.490 e. The predicted molar refractivity (Wildman–Crippen MR) is 166 cm³/mol. The molecule has 1 heterocycles. The van der Waals surface area contributed by atoms with E-state index >= 15 is 0 Å². The molecule has 1 fully saturated rings. The van der Waals surface area contributed by atoms with E-state index < -0.39 is 11.9 Å². The Bertz CT molecular complexity index is 1490. The number of nitrogens with zero attached hydrogens (tertiary/aromatic N) is 2. The van der Waals surface area contributed by atoms with Crippen molar-refractivity contribution in [1.82, 2.24) is 4.90 Å². The summed E-state index contributed by atoms with van der Waals surface area (Å²) in [5, 5.41) is 9.72. The highest BCUT2D eigenvalue weighted by atomic mass is 127. The molecule has 212 valence electrons. The fourth-order valence-corrected chi connectivity index (χ4v) is 5.62. The molecular formula is C30H27IN2O7S. The quantitative estimate of drug-likeness (QED) is 0.146. The first kappa shape index (κ1) is 30.1. The van der Waals surface area contributed by atoms with E-state index in [1.165, 1.54) is 23.9 Å². The van der Waals surface area contributed by atoms with Crippen molar-refractivity contribution in [2.24, 2.45) is 4.99 Å². The number of rotatable bonds is 11. The number of thioether (sulfide) groups is 1. The standard InChI is InChI=1S/C30H27IN2O7S/c1-3-38-24-15-20(14-23(31)27(24)40-18-26(34)39-4-2)16-25-28(35)33(17-19-10-12-21(13-11-19)29(36)37)30(41-25)32-22-8-6-5-7-9-22/h5-16H,3-4,17-18H2,1-2H3,(H,36,37)/b25-16-,32-30?. The zero-order valence-corrected chi connectivity index (χ0v) is 25.3. The minimum absolute atomic E-state index is 0.170. The normalized spacial score (nSPS) is 14.9. The van der Waals surface area contributed by atoms with Crippen molar-refractivity contribution in [3.8, 4) is 11.5 Å². The minimum atomic E-state index is -1.01. The maximum absolute atomic E-state index is 13.6. The molecule has 1 saturated heterocycles. The fraction of sp³-hybridized carbons (Fsp3) is 0.200. The van der Waals surface area contributed by atoms with Gasteiger partial charge in [0, 0.05) is 0 Å². The highest BCUT2D eigenvalue weighted by Crippen LogP contribution is 2.38. The number of carboxylic acids is 1. The molecule has 0 aromatic heterocycles. The number of ether oxygens (including phenoxy) is 3. The van der Waals surface area contributed by atoms with Crippen LogP contribution in [0.1, 0.15) is 35.3 Å². The van der Waals surface area contributed by atoms with E-state index in [4.69, 9.17) is 19.2 Å². The van der Waals surface area contributed by atoms with E-state index in [1.807, 2.05) is 43.3 Å². The zero-order valence-electron chi connectivity index (χ0n) is 22.3. The van der Waals surface area contributed by atoms with Crippen molar-refractivity contribution < 1.29 is 33.7 Å². The third-order valence-corrected chi connectivity index (χ3v) is 7.49. The van der Waals surface area contributed by atoms with E-state index in [2.05, 4.69) is 22.6 Å². The number of carbonyl (C=O) groups excluding carboxylic acids is 2. The summed E-state index contributed by atoms with van der Waals surface area (Å²) in [7, 11) is 0. The van der Waals surface area contributed by atoms with Crippen LogP contribution in [-0.4, -0.2) is 52.8 Å². The summed E-state index contributed by atoms with van der Waals surface area (Å²) in [5.74, 6) is -0.861. The molecule has 0 radical (unpaired) electrons. The number of hydrogen-bond acceptors (Lipinski definition) is 8. The van der Waals surface area contributed by atoms with Crippen LogP contribution in [0.3, 0.4) is 0 Å². The molecule has 0 bridgehead atoms. The smallest absolute Gasteiger partial charge is 0.344 e. The van der Waals surface area contributed by atoms with Crippen LogP contribution >= 0.6 is 34.4 Å². The van der Waals surface area contributed by atoms with Crippen LogP contribution < -0.4 is 9.47 Å². The summed E-state index contributed by atoms with van der Waals surface area (Å²) in [6.45, 7) is 4.18. The Hall–Kier alpha value is -3.84. The molecule has 9 nitrogen and oxygen atoms in total. The van der Waals surface area contributed by atoms with Gasteiger partial charge in [0.05, 0.1) is 39.5 Å². The Balaban J connectivity index is 1.66. The predicted octanol–water partition coefficient (Wildman–Crippen LogP) is 6.13. The third-order valence-electron chi connectivity index (χ3n) is 5.68. The molecule has 0 saturated carbocycles. The number of carbonyl (C=O) groups is 3. The number of para-hydroxylation sites is 1. The van der Waals surface area contributed by atoms with Crippen LogP contribution in [0.25, 0.3) is 6.08 Å². The van der Waals surface area contributed by atoms with Gasteiger partial charge in [0.1, 0.15) is 0 Å². The van der Waals surface area contributed by atoms with Gasteiger partial charge in [-0.1, -0.05) is 30.3 Å². The Morgan fingerprint density at radius 2 is 1.76 bits per heavy atom. The minimum Gasteiger partial charge on any atom is -0.490 e. The number of hydrogen-bond donors (Lipinski definition) is 1. The second-order valence-corrected chi connectivity index (χ2v) is 10.8. The number of carboxylic acid groups (broad SMARTS) is 1. The molecular weight excluding hydrogens is 659 g/mol. The second kappa shape index (κ2) is 14.2. The van der Waals surface area contributed by atoms with Crippen molar-refractivity contribution in [3.05, 3.63) is 91.9 Å². The molecule has 1 aliphatic rings. The molecule has 1 amide bonds. The lowest BCUT2D eigenvalue weighted by molar-refractivity contribution is -0.145. The molecule has 41 heavy (non-hydrogen) atoms. The summed E-state index contributed by atoms with van der Waals surface area (Å²) in [5.41, 5.74) is 2.35. The SMILES string of the molecule is CCOC(=O)COc1c(I)cc(/C=C2\SC(=Nc3ccccc3)N(Cc3ccc(C(=O)O)cc3)C2=O)cc1OCC. The van der Waals surface area contributed by atoms with E-state index in [0.717, 1.165) is 5.56 Å². The highest BCUT2D eigenvalue weighted by Gasteiger charge is 2.33. The van der Waals surface area contributed by atoms with Gasteiger partial charge in [-0.05, 0) is 102 Å². The summed E-state index contributed by atoms with van der Waals surface area (Å²) in [4.78, 5) is 43.5. The first-order valence-corrected chi connectivity index (χ1v) is 14.6. The van der Waals surface area contributed by atoms with Crippen molar-refractivity contribution in [2.75, 3.05) is 19.8 Å². The number of halogens is 1. The monoisotopic (exact) mass is 686 g/mol. The van der Waals surface area contributed by atoms with Crippen LogP contribution in [0.2, 0.25) is 0 Å². The molecule has 3 aromatic rings. The van der Waals surface area contributed by atoms with Crippen molar-refractivity contribution in [3.63, 3.8) is 0 Å². The van der Waals surface area contributed by atoms with Gasteiger partial charge in [0.25, 0.3) is 5.91 Å². The van der Waals surface area contributed by atoms with Crippen LogP contribution in [0.15, 0.2) is 76.6 Å². The number of aromatic carboxylic acids is 1. The Morgan fingerprint density at radius 3 is 2.41 bits per heavy atom. The van der Waals surface area contributed by atoms with Crippen molar-refractivity contribution in [1.29, 1.82) is 0 Å². The van der Waals surface area contributed by atoms with Crippen LogP contribution in [0, 0.1) is 3.57 Å². The Morgan fingerprint density at radius 1 is 1.02 bits per heavy atom. The van der Waals surface area contributed by atoms with Crippen LogP contribution in [0.4, 0.5) is 5.69 Å². The molecule has 4 rings (SSSR count). The molecule has 0 spiro atoms. The Kier molecular flexibility index (Phi) is 10.4. The third kappa shape index (κ3) is 7.88. The lowest BCUT2D eigenvalue weighted by Gasteiger charge is -2.16. The summed E-state index contributed by atoms with van der Waals surface area (Å²) in [6.07, 6.45) is 1.76. The molecule has 11 heteroatoms. The van der Waals surface area contributed by atoms with Gasteiger partial charge in [0.15, 0.2) is 23.3 Å². The number of aliphatic imine (C=N–C) groups is 1. The van der Waals surface area contributed by atoms with E-state index in [9.17, 15) is 19.5 Å². The van der Waals surface area contributed by atoms with Gasteiger partial charge >= 0.3 is 11.9 Å². The fourth-order valence-electron chi connectivity index (χ4n) is 3.84. The van der Waals surface area contributed by atoms with Gasteiger partial charge in [-0.15, -0.1) is 0 Å². The van der Waals surface area contributed by atoms with Gasteiger partial charge in [0.2, 0.25) is 0 Å². The number of esters is 1. The Labute approximate surface area is 255 Å². The molecule has 1 aliphatic heterocycles. The lowest BCUT2D eigenvalue weighted by atomic mass is 10.1. The van der Waals surface area contributed by atoms with Crippen molar-refractivity contribution >= 4 is 69.1 Å².